The zero-order chi connectivity index (χ0) is 15.4. The third-order valence-electron chi connectivity index (χ3n) is 3.07. The molecule has 0 aromatic heterocycles. The smallest absolute Gasteiger partial charge is 0.410 e. The average molecular weight is 314 g/mol. The Balaban J connectivity index is 1.58. The molecule has 6 heteroatoms. The summed E-state index contributed by atoms with van der Waals surface area (Å²) in [4.78, 5) is 24.1. The number of fused-ring (bicyclic) bond motifs is 1. The van der Waals surface area contributed by atoms with Crippen LogP contribution in [0.4, 0.5) is 10.5 Å². The van der Waals surface area contributed by atoms with Gasteiger partial charge >= 0.3 is 6.09 Å². The van der Waals surface area contributed by atoms with E-state index in [0.29, 0.717) is 18.0 Å². The standard InChI is InChI=1S/C16H14N2O3S/c19-15-10-22-14-7-6-11(8-13(14)18-15)9-17-16(20)21-12-4-2-1-3-5-12/h1-8H,9-10H2,(H,17,20)(H,18,19). The average Bonchev–Trinajstić information content (AvgIpc) is 2.53. The molecule has 0 unspecified atom stereocenters. The highest BCUT2D eigenvalue weighted by Crippen LogP contribution is 2.31. The normalized spacial score (nSPS) is 13.0. The number of anilines is 1. The van der Waals surface area contributed by atoms with Crippen molar-refractivity contribution in [3.63, 3.8) is 0 Å². The van der Waals surface area contributed by atoms with Crippen molar-refractivity contribution in [2.75, 3.05) is 11.1 Å². The number of thioether (sulfide) groups is 1. The molecule has 0 saturated heterocycles. The van der Waals surface area contributed by atoms with Gasteiger partial charge in [-0.15, -0.1) is 11.8 Å². The molecule has 2 N–H and O–H groups in total. The van der Waals surface area contributed by atoms with Crippen molar-refractivity contribution in [3.05, 3.63) is 54.1 Å². The molecule has 0 radical (unpaired) electrons. The maximum atomic E-state index is 11.7. The summed E-state index contributed by atoms with van der Waals surface area (Å²) in [5.74, 6) is 0.925. The van der Waals surface area contributed by atoms with Crippen LogP contribution in [0.1, 0.15) is 5.56 Å². The quantitative estimate of drug-likeness (QED) is 0.914. The van der Waals surface area contributed by atoms with Crippen LogP contribution >= 0.6 is 11.8 Å². The molecule has 22 heavy (non-hydrogen) atoms. The predicted molar refractivity (Wildman–Crippen MR) is 85.1 cm³/mol. The summed E-state index contributed by atoms with van der Waals surface area (Å²) in [6.45, 7) is 0.333. The van der Waals surface area contributed by atoms with Crippen LogP contribution < -0.4 is 15.4 Å². The summed E-state index contributed by atoms with van der Waals surface area (Å²) in [5.41, 5.74) is 1.68. The summed E-state index contributed by atoms with van der Waals surface area (Å²) >= 11 is 1.51. The maximum Gasteiger partial charge on any atom is 0.412 e. The summed E-state index contributed by atoms with van der Waals surface area (Å²) in [5, 5.41) is 5.51. The predicted octanol–water partition coefficient (Wildman–Crippen LogP) is 3.02. The number of carbonyl (C=O) groups is 2. The van der Waals surface area contributed by atoms with E-state index in [1.165, 1.54) is 11.8 Å². The van der Waals surface area contributed by atoms with Gasteiger partial charge in [0, 0.05) is 11.4 Å². The summed E-state index contributed by atoms with van der Waals surface area (Å²) in [6, 6.07) is 14.6. The van der Waals surface area contributed by atoms with Gasteiger partial charge in [-0.25, -0.2) is 4.79 Å². The second kappa shape index (κ2) is 6.53. The lowest BCUT2D eigenvalue weighted by atomic mass is 10.2. The van der Waals surface area contributed by atoms with Crippen molar-refractivity contribution < 1.29 is 14.3 Å². The van der Waals surface area contributed by atoms with Gasteiger partial charge in [0.2, 0.25) is 5.91 Å². The Labute approximate surface area is 132 Å². The number of hydrogen-bond donors (Lipinski definition) is 2. The van der Waals surface area contributed by atoms with Gasteiger partial charge < -0.3 is 15.4 Å². The third-order valence-corrected chi connectivity index (χ3v) is 4.14. The first kappa shape index (κ1) is 14.5. The number of amides is 2. The fourth-order valence-corrected chi connectivity index (χ4v) is 2.83. The Morgan fingerprint density at radius 1 is 1.23 bits per heavy atom. The summed E-state index contributed by atoms with van der Waals surface area (Å²) < 4.78 is 5.14. The lowest BCUT2D eigenvalue weighted by Crippen LogP contribution is -2.26. The van der Waals surface area contributed by atoms with Crippen molar-refractivity contribution in [1.82, 2.24) is 5.32 Å². The number of hydrogen-bond acceptors (Lipinski definition) is 4. The molecule has 0 saturated carbocycles. The molecule has 1 aliphatic heterocycles. The molecule has 2 amide bonds. The zero-order valence-electron chi connectivity index (χ0n) is 11.7. The lowest BCUT2D eigenvalue weighted by molar-refractivity contribution is -0.113. The van der Waals surface area contributed by atoms with E-state index in [0.717, 1.165) is 16.1 Å². The second-order valence-electron chi connectivity index (χ2n) is 4.72. The van der Waals surface area contributed by atoms with E-state index in [1.54, 1.807) is 24.3 Å². The number of rotatable bonds is 3. The molecule has 1 heterocycles. The highest BCUT2D eigenvalue weighted by molar-refractivity contribution is 8.00. The minimum absolute atomic E-state index is 0.00824. The van der Waals surface area contributed by atoms with Crippen LogP contribution in [0.15, 0.2) is 53.4 Å². The van der Waals surface area contributed by atoms with Gasteiger partial charge in [0.05, 0.1) is 11.4 Å². The zero-order valence-corrected chi connectivity index (χ0v) is 12.5. The van der Waals surface area contributed by atoms with Crippen molar-refractivity contribution in [2.24, 2.45) is 0 Å². The number of ether oxygens (including phenoxy) is 1. The first-order valence-electron chi connectivity index (χ1n) is 6.77. The lowest BCUT2D eigenvalue weighted by Gasteiger charge is -2.17. The second-order valence-corrected chi connectivity index (χ2v) is 5.74. The van der Waals surface area contributed by atoms with Crippen LogP contribution in [0, 0.1) is 0 Å². The summed E-state index contributed by atoms with van der Waals surface area (Å²) in [6.07, 6.45) is -0.512. The van der Waals surface area contributed by atoms with Crippen molar-refractivity contribution in [1.29, 1.82) is 0 Å². The van der Waals surface area contributed by atoms with Gasteiger partial charge in [-0.3, -0.25) is 4.79 Å². The van der Waals surface area contributed by atoms with Crippen molar-refractivity contribution in [2.45, 2.75) is 11.4 Å². The largest absolute Gasteiger partial charge is 0.412 e. The molecule has 2 aromatic carbocycles. The van der Waals surface area contributed by atoms with E-state index in [1.807, 2.05) is 24.3 Å². The topological polar surface area (TPSA) is 67.4 Å². The molecule has 3 rings (SSSR count). The molecule has 0 aliphatic carbocycles. The van der Waals surface area contributed by atoms with Crippen LogP contribution in [0.2, 0.25) is 0 Å². The molecule has 5 nitrogen and oxygen atoms in total. The SMILES string of the molecule is O=C1CSc2ccc(CNC(=O)Oc3ccccc3)cc2N1. The van der Waals surface area contributed by atoms with Gasteiger partial charge in [0.25, 0.3) is 0 Å². The fourth-order valence-electron chi connectivity index (χ4n) is 2.05. The maximum absolute atomic E-state index is 11.7. The van der Waals surface area contributed by atoms with Gasteiger partial charge in [0.1, 0.15) is 5.75 Å². The Morgan fingerprint density at radius 2 is 2.05 bits per heavy atom. The fraction of sp³-hybridized carbons (Fsp3) is 0.125. The van der Waals surface area contributed by atoms with Crippen LogP contribution in [0.3, 0.4) is 0 Å². The molecule has 0 atom stereocenters. The van der Waals surface area contributed by atoms with Crippen LogP contribution in [0.5, 0.6) is 5.75 Å². The minimum Gasteiger partial charge on any atom is -0.410 e. The van der Waals surface area contributed by atoms with E-state index in [-0.39, 0.29) is 5.91 Å². The number of carbonyl (C=O) groups excluding carboxylic acids is 2. The van der Waals surface area contributed by atoms with E-state index < -0.39 is 6.09 Å². The van der Waals surface area contributed by atoms with Gasteiger partial charge in [-0.1, -0.05) is 24.3 Å². The molecular weight excluding hydrogens is 300 g/mol. The van der Waals surface area contributed by atoms with E-state index in [9.17, 15) is 9.59 Å². The molecule has 1 aliphatic rings. The number of benzene rings is 2. The van der Waals surface area contributed by atoms with E-state index >= 15 is 0 Å². The highest BCUT2D eigenvalue weighted by atomic mass is 32.2. The van der Waals surface area contributed by atoms with Crippen LogP contribution in [0.25, 0.3) is 0 Å². The molecular formula is C16H14N2O3S. The van der Waals surface area contributed by atoms with Crippen LogP contribution in [-0.2, 0) is 11.3 Å². The Hall–Kier alpha value is -2.47. The molecule has 0 fully saturated rings. The third kappa shape index (κ3) is 3.59. The van der Waals surface area contributed by atoms with Gasteiger partial charge in [0.15, 0.2) is 0 Å². The number of para-hydroxylation sites is 1. The Morgan fingerprint density at radius 3 is 2.86 bits per heavy atom. The Kier molecular flexibility index (Phi) is 4.29. The van der Waals surface area contributed by atoms with Crippen LogP contribution in [-0.4, -0.2) is 17.8 Å². The van der Waals surface area contributed by atoms with Gasteiger partial charge in [-0.05, 0) is 29.8 Å². The highest BCUT2D eigenvalue weighted by Gasteiger charge is 2.15. The van der Waals surface area contributed by atoms with Crippen molar-refractivity contribution >= 4 is 29.4 Å². The minimum atomic E-state index is -0.512. The Bertz CT molecular complexity index is 704. The first-order chi connectivity index (χ1) is 10.7. The summed E-state index contributed by atoms with van der Waals surface area (Å²) in [7, 11) is 0. The first-order valence-corrected chi connectivity index (χ1v) is 7.75. The van der Waals surface area contributed by atoms with Crippen molar-refractivity contribution in [3.8, 4) is 5.75 Å². The molecule has 0 bridgehead atoms. The monoisotopic (exact) mass is 314 g/mol. The van der Waals surface area contributed by atoms with E-state index in [4.69, 9.17) is 4.74 Å². The molecule has 2 aromatic rings. The molecule has 0 spiro atoms. The molecule has 112 valence electrons. The number of nitrogens with one attached hydrogen (secondary N) is 2. The van der Waals surface area contributed by atoms with E-state index in [2.05, 4.69) is 10.6 Å². The van der Waals surface area contributed by atoms with Gasteiger partial charge in [-0.2, -0.15) is 0 Å².